The smallest absolute Gasteiger partial charge is 0.136 e. The molecular formula is C13H14BrN3. The molecule has 88 valence electrons. The fourth-order valence-electron chi connectivity index (χ4n) is 2.55. The molecule has 2 aromatic rings. The van der Waals surface area contributed by atoms with Crippen LogP contribution in [0.5, 0.6) is 0 Å². The molecule has 0 saturated heterocycles. The van der Waals surface area contributed by atoms with E-state index in [1.807, 2.05) is 4.68 Å². The predicted molar refractivity (Wildman–Crippen MR) is 72.0 cm³/mol. The number of hydrogen-bond donors (Lipinski definition) is 1. The van der Waals surface area contributed by atoms with E-state index < -0.39 is 0 Å². The lowest BCUT2D eigenvalue weighted by atomic mass is 10.1. The zero-order valence-corrected chi connectivity index (χ0v) is 11.2. The first-order valence-corrected chi connectivity index (χ1v) is 6.54. The number of nitrogens with two attached hydrogens (primary N) is 1. The van der Waals surface area contributed by atoms with Crippen molar-refractivity contribution in [2.75, 3.05) is 5.73 Å². The Kier molecular flexibility index (Phi) is 2.47. The Labute approximate surface area is 109 Å². The van der Waals surface area contributed by atoms with Gasteiger partial charge in [-0.15, -0.1) is 0 Å². The van der Waals surface area contributed by atoms with E-state index in [9.17, 15) is 0 Å². The molecule has 17 heavy (non-hydrogen) atoms. The minimum absolute atomic E-state index is 0.288. The van der Waals surface area contributed by atoms with Crippen molar-refractivity contribution in [2.24, 2.45) is 0 Å². The van der Waals surface area contributed by atoms with Gasteiger partial charge in [-0.25, -0.2) is 4.68 Å². The van der Waals surface area contributed by atoms with Gasteiger partial charge in [-0.05, 0) is 46.8 Å². The number of aromatic nitrogens is 2. The quantitative estimate of drug-likeness (QED) is 0.878. The van der Waals surface area contributed by atoms with Gasteiger partial charge in [0.05, 0.1) is 16.7 Å². The molecule has 0 amide bonds. The van der Waals surface area contributed by atoms with Crippen LogP contribution in [0.4, 0.5) is 5.82 Å². The highest BCUT2D eigenvalue weighted by Gasteiger charge is 2.26. The fraction of sp³-hybridized carbons (Fsp3) is 0.308. The second kappa shape index (κ2) is 3.88. The van der Waals surface area contributed by atoms with Crippen molar-refractivity contribution in [2.45, 2.75) is 25.8 Å². The number of rotatable bonds is 1. The maximum absolute atomic E-state index is 6.03. The van der Waals surface area contributed by atoms with Gasteiger partial charge < -0.3 is 5.73 Å². The summed E-state index contributed by atoms with van der Waals surface area (Å²) in [5.74, 6) is 0.712. The normalized spacial score (nSPS) is 18.4. The van der Waals surface area contributed by atoms with E-state index in [1.165, 1.54) is 16.7 Å². The van der Waals surface area contributed by atoms with Crippen molar-refractivity contribution in [1.82, 2.24) is 9.78 Å². The molecule has 1 aromatic carbocycles. The topological polar surface area (TPSA) is 43.8 Å². The van der Waals surface area contributed by atoms with Gasteiger partial charge in [0.15, 0.2) is 0 Å². The Morgan fingerprint density at radius 3 is 3.00 bits per heavy atom. The predicted octanol–water partition coefficient (Wildman–Crippen LogP) is 3.07. The first-order valence-electron chi connectivity index (χ1n) is 5.74. The zero-order valence-electron chi connectivity index (χ0n) is 9.65. The van der Waals surface area contributed by atoms with E-state index in [0.29, 0.717) is 5.82 Å². The highest BCUT2D eigenvalue weighted by molar-refractivity contribution is 9.10. The molecule has 0 bridgehead atoms. The summed E-state index contributed by atoms with van der Waals surface area (Å²) in [5.41, 5.74) is 10.1. The molecule has 0 fully saturated rings. The van der Waals surface area contributed by atoms with Crippen LogP contribution in [0.2, 0.25) is 0 Å². The highest BCUT2D eigenvalue weighted by Crippen LogP contribution is 2.37. The van der Waals surface area contributed by atoms with Crippen molar-refractivity contribution >= 4 is 21.7 Å². The largest absolute Gasteiger partial charge is 0.383 e. The molecule has 0 saturated carbocycles. The SMILES string of the molecule is Cc1ccc2c(c1)C(n1ncc(Br)c1N)CC2. The van der Waals surface area contributed by atoms with Gasteiger partial charge in [-0.1, -0.05) is 23.8 Å². The van der Waals surface area contributed by atoms with E-state index in [4.69, 9.17) is 5.73 Å². The number of nitrogen functional groups attached to an aromatic ring is 1. The Morgan fingerprint density at radius 2 is 2.29 bits per heavy atom. The summed E-state index contributed by atoms with van der Waals surface area (Å²) in [6.45, 7) is 2.12. The second-order valence-corrected chi connectivity index (χ2v) is 5.43. The Morgan fingerprint density at radius 1 is 1.47 bits per heavy atom. The van der Waals surface area contributed by atoms with Crippen molar-refractivity contribution in [3.63, 3.8) is 0 Å². The molecular weight excluding hydrogens is 278 g/mol. The molecule has 1 aromatic heterocycles. The van der Waals surface area contributed by atoms with Gasteiger partial charge in [0.2, 0.25) is 0 Å². The van der Waals surface area contributed by atoms with Crippen LogP contribution in [0.1, 0.15) is 29.2 Å². The molecule has 0 radical (unpaired) electrons. The molecule has 1 aliphatic carbocycles. The first kappa shape index (κ1) is 10.8. The van der Waals surface area contributed by atoms with Gasteiger partial charge in [-0.2, -0.15) is 5.10 Å². The van der Waals surface area contributed by atoms with Gasteiger partial charge in [0.1, 0.15) is 5.82 Å². The van der Waals surface area contributed by atoms with Crippen LogP contribution in [0.15, 0.2) is 28.9 Å². The van der Waals surface area contributed by atoms with Crippen molar-refractivity contribution in [3.05, 3.63) is 45.6 Å². The van der Waals surface area contributed by atoms with Crippen LogP contribution in [0, 0.1) is 6.92 Å². The summed E-state index contributed by atoms with van der Waals surface area (Å²) in [6.07, 6.45) is 3.96. The number of fused-ring (bicyclic) bond motifs is 1. The van der Waals surface area contributed by atoms with Crippen LogP contribution in [-0.4, -0.2) is 9.78 Å². The lowest BCUT2D eigenvalue weighted by Crippen LogP contribution is -2.12. The van der Waals surface area contributed by atoms with Crippen LogP contribution >= 0.6 is 15.9 Å². The number of halogens is 1. The summed E-state index contributed by atoms with van der Waals surface area (Å²) in [5, 5.41) is 4.37. The number of anilines is 1. The maximum Gasteiger partial charge on any atom is 0.136 e. The summed E-state index contributed by atoms with van der Waals surface area (Å²) in [6, 6.07) is 6.93. The lowest BCUT2D eigenvalue weighted by Gasteiger charge is -2.14. The summed E-state index contributed by atoms with van der Waals surface area (Å²) in [4.78, 5) is 0. The number of aryl methyl sites for hydroxylation is 2. The summed E-state index contributed by atoms with van der Waals surface area (Å²) < 4.78 is 2.80. The minimum atomic E-state index is 0.288. The molecule has 0 spiro atoms. The Hall–Kier alpha value is -1.29. The number of benzene rings is 1. The molecule has 3 nitrogen and oxygen atoms in total. The van der Waals surface area contributed by atoms with E-state index in [-0.39, 0.29) is 6.04 Å². The average molecular weight is 292 g/mol. The Balaban J connectivity index is 2.09. The third kappa shape index (κ3) is 1.67. The second-order valence-electron chi connectivity index (χ2n) is 4.58. The minimum Gasteiger partial charge on any atom is -0.383 e. The molecule has 4 heteroatoms. The van der Waals surface area contributed by atoms with E-state index in [2.05, 4.69) is 46.2 Å². The van der Waals surface area contributed by atoms with Crippen molar-refractivity contribution in [3.8, 4) is 0 Å². The van der Waals surface area contributed by atoms with Crippen LogP contribution in [-0.2, 0) is 6.42 Å². The standard InChI is InChI=1S/C13H14BrN3/c1-8-2-3-9-4-5-12(10(9)6-8)17-13(15)11(14)7-16-17/h2-3,6-7,12H,4-5,15H2,1H3. The van der Waals surface area contributed by atoms with Gasteiger partial charge in [-0.3, -0.25) is 0 Å². The van der Waals surface area contributed by atoms with E-state index >= 15 is 0 Å². The fourth-order valence-corrected chi connectivity index (χ4v) is 2.83. The highest BCUT2D eigenvalue weighted by atomic mass is 79.9. The molecule has 1 aliphatic rings. The van der Waals surface area contributed by atoms with E-state index in [0.717, 1.165) is 17.3 Å². The monoisotopic (exact) mass is 291 g/mol. The summed E-state index contributed by atoms with van der Waals surface area (Å²) >= 11 is 3.41. The van der Waals surface area contributed by atoms with Crippen molar-refractivity contribution in [1.29, 1.82) is 0 Å². The van der Waals surface area contributed by atoms with Crippen LogP contribution in [0.25, 0.3) is 0 Å². The first-order chi connectivity index (χ1) is 8.16. The molecule has 1 atom stereocenters. The maximum atomic E-state index is 6.03. The molecule has 0 aliphatic heterocycles. The van der Waals surface area contributed by atoms with Gasteiger partial charge in [0.25, 0.3) is 0 Å². The van der Waals surface area contributed by atoms with E-state index in [1.54, 1.807) is 6.20 Å². The van der Waals surface area contributed by atoms with Gasteiger partial charge in [0, 0.05) is 0 Å². The molecule has 2 N–H and O–H groups in total. The molecule has 3 rings (SSSR count). The Bertz CT molecular complexity index is 574. The third-order valence-electron chi connectivity index (χ3n) is 3.43. The zero-order chi connectivity index (χ0) is 12.0. The molecule has 1 heterocycles. The summed E-state index contributed by atoms with van der Waals surface area (Å²) in [7, 11) is 0. The number of hydrogen-bond acceptors (Lipinski definition) is 2. The average Bonchev–Trinajstić information content (AvgIpc) is 2.84. The lowest BCUT2D eigenvalue weighted by molar-refractivity contribution is 0.527. The van der Waals surface area contributed by atoms with Crippen molar-refractivity contribution < 1.29 is 0 Å². The number of nitrogens with zero attached hydrogens (tertiary/aromatic N) is 2. The van der Waals surface area contributed by atoms with Crippen LogP contribution in [0.3, 0.4) is 0 Å². The third-order valence-corrected chi connectivity index (χ3v) is 4.04. The van der Waals surface area contributed by atoms with Gasteiger partial charge >= 0.3 is 0 Å². The molecule has 1 unspecified atom stereocenters. The van der Waals surface area contributed by atoms with Crippen LogP contribution < -0.4 is 5.73 Å².